The van der Waals surface area contributed by atoms with Gasteiger partial charge in [-0.3, -0.25) is 5.32 Å². The summed E-state index contributed by atoms with van der Waals surface area (Å²) in [6.07, 6.45) is 4.94. The van der Waals surface area contributed by atoms with Gasteiger partial charge in [0.15, 0.2) is 11.6 Å². The number of anilines is 3. The van der Waals surface area contributed by atoms with Crippen LogP contribution < -0.4 is 20.4 Å². The molecule has 3 aliphatic heterocycles. The van der Waals surface area contributed by atoms with Gasteiger partial charge in [0, 0.05) is 90.7 Å². The number of benzene rings is 5. The van der Waals surface area contributed by atoms with Crippen LogP contribution in [0.25, 0.3) is 56.2 Å². The quantitative estimate of drug-likeness (QED) is 0.165. The Morgan fingerprint density at radius 1 is 0.606 bits per heavy atom. The number of aromatic nitrogens is 6. The van der Waals surface area contributed by atoms with Gasteiger partial charge < -0.3 is 20.0 Å². The van der Waals surface area contributed by atoms with Crippen LogP contribution in [0.3, 0.4) is 0 Å². The lowest BCUT2D eigenvalue weighted by Gasteiger charge is -2.33. The van der Waals surface area contributed by atoms with Gasteiger partial charge >= 0.3 is 0 Å². The van der Waals surface area contributed by atoms with Crippen molar-refractivity contribution < 1.29 is 0 Å². The number of aliphatic imine (C=N–C) groups is 2. The van der Waals surface area contributed by atoms with Gasteiger partial charge in [0.2, 0.25) is 11.9 Å². The lowest BCUT2D eigenvalue weighted by Crippen LogP contribution is -2.45. The summed E-state index contributed by atoms with van der Waals surface area (Å²) in [5.74, 6) is 4.76. The van der Waals surface area contributed by atoms with E-state index in [1.807, 2.05) is 62.4 Å². The first kappa shape index (κ1) is 49.0. The van der Waals surface area contributed by atoms with Gasteiger partial charge in [-0.25, -0.2) is 39.9 Å². The van der Waals surface area contributed by atoms with E-state index in [0.29, 0.717) is 11.9 Å². The third-order valence-corrected chi connectivity index (χ3v) is 13.4. The van der Waals surface area contributed by atoms with Crippen molar-refractivity contribution >= 4 is 90.0 Å². The molecule has 362 valence electrons. The highest BCUT2D eigenvalue weighted by Crippen LogP contribution is 2.30. The summed E-state index contributed by atoms with van der Waals surface area (Å²) in [6.45, 7) is 20.5. The summed E-state index contributed by atoms with van der Waals surface area (Å²) in [5, 5.41) is 9.91. The monoisotopic (exact) mass is 1010 g/mol. The fraction of sp³-hybridized carbons (Fsp3) is 0.298. The summed E-state index contributed by atoms with van der Waals surface area (Å²) < 4.78 is 1.06. The minimum atomic E-state index is -0.145. The largest absolute Gasteiger partial charge is 0.353 e. The molecule has 0 saturated carbocycles. The van der Waals surface area contributed by atoms with Crippen molar-refractivity contribution in [2.45, 2.75) is 53.5 Å². The van der Waals surface area contributed by atoms with Gasteiger partial charge in [-0.05, 0) is 120 Å². The number of rotatable bonds is 6. The normalized spacial score (nSPS) is 16.0. The number of nitrogens with one attached hydrogen (secondary N) is 2. The van der Waals surface area contributed by atoms with Crippen molar-refractivity contribution in [1.29, 1.82) is 0 Å². The van der Waals surface area contributed by atoms with E-state index in [1.165, 1.54) is 11.1 Å². The Kier molecular flexibility index (Phi) is 15.2. The third kappa shape index (κ3) is 12.3. The second-order valence-corrected chi connectivity index (χ2v) is 20.0. The lowest BCUT2D eigenvalue weighted by molar-refractivity contribution is 0.312. The number of para-hydroxylation sites is 2. The molecular weight excluding hydrogens is 947 g/mol. The maximum atomic E-state index is 4.90. The summed E-state index contributed by atoms with van der Waals surface area (Å²) in [4.78, 5) is 44.7. The smallest absolute Gasteiger partial charge is 0.230 e. The standard InChI is InChI=1S/C21H22N4.C18H17BrN4.C18H23N5/c1-24-13-15-25(16-14-24)21-18-9-5-6-10-19(18)22-20(23-21)12-11-17-7-3-2-4-8-17;19-14-7-5-13(6-8-14)17-21-16-4-2-1-3-15(16)18(22-17)23-11-9-20-10-12-23;1-10-7-14-13(4)20-16(21-15(14)8-11(10)2)22-17-19-12(3)9-18(5,6)23-17/h2-12H,13-16H2,1H3;1-8,20H,9-12H2;7-8H,9H2,1-6H3,(H,20,21,22,23)/b12-11+;;. The molecule has 0 amide bonds. The minimum Gasteiger partial charge on any atom is -0.353 e. The van der Waals surface area contributed by atoms with Crippen LogP contribution in [-0.4, -0.2) is 111 Å². The highest BCUT2D eigenvalue weighted by Gasteiger charge is 2.24. The predicted molar refractivity (Wildman–Crippen MR) is 299 cm³/mol. The van der Waals surface area contributed by atoms with Crippen LogP contribution in [0.1, 0.15) is 55.4 Å². The van der Waals surface area contributed by atoms with E-state index >= 15 is 0 Å². The van der Waals surface area contributed by atoms with Gasteiger partial charge in [0.1, 0.15) is 11.6 Å². The molecule has 3 aromatic heterocycles. The molecule has 2 N–H and O–H groups in total. The van der Waals surface area contributed by atoms with Crippen molar-refractivity contribution in [1.82, 2.24) is 40.1 Å². The van der Waals surface area contributed by atoms with E-state index in [2.05, 4.69) is 175 Å². The highest BCUT2D eigenvalue weighted by molar-refractivity contribution is 9.10. The molecule has 0 atom stereocenters. The molecule has 2 saturated heterocycles. The summed E-state index contributed by atoms with van der Waals surface area (Å²) >= 11 is 3.48. The van der Waals surface area contributed by atoms with Crippen molar-refractivity contribution in [3.63, 3.8) is 0 Å². The molecule has 0 spiro atoms. The Hall–Kier alpha value is -7.00. The number of aryl methyl sites for hydroxylation is 3. The zero-order chi connectivity index (χ0) is 49.5. The topological polar surface area (TPSA) is 136 Å². The predicted octanol–water partition coefficient (Wildman–Crippen LogP) is 11.0. The van der Waals surface area contributed by atoms with Crippen LogP contribution in [0.5, 0.6) is 0 Å². The van der Waals surface area contributed by atoms with Gasteiger partial charge in [-0.2, -0.15) is 0 Å². The minimum absolute atomic E-state index is 0.145. The van der Waals surface area contributed by atoms with Crippen molar-refractivity contribution in [3.8, 4) is 11.4 Å². The van der Waals surface area contributed by atoms with Gasteiger partial charge in [0.05, 0.1) is 27.8 Å². The summed E-state index contributed by atoms with van der Waals surface area (Å²) in [7, 11) is 2.17. The van der Waals surface area contributed by atoms with Gasteiger partial charge in [-0.1, -0.05) is 88.7 Å². The Morgan fingerprint density at radius 2 is 1.23 bits per heavy atom. The third-order valence-electron chi connectivity index (χ3n) is 12.8. The molecule has 5 aromatic carbocycles. The molecule has 0 aliphatic carbocycles. The molecule has 13 nitrogen and oxygen atoms in total. The van der Waals surface area contributed by atoms with Crippen LogP contribution in [0, 0.1) is 20.8 Å². The van der Waals surface area contributed by atoms with E-state index < -0.39 is 0 Å². The average Bonchev–Trinajstić information content (AvgIpc) is 3.36. The number of likely N-dealkylation sites (N-methyl/N-ethyl adjacent to an activating group) is 1. The molecule has 6 heterocycles. The van der Waals surface area contributed by atoms with E-state index in [4.69, 9.17) is 19.9 Å². The number of fused-ring (bicyclic) bond motifs is 3. The van der Waals surface area contributed by atoms with E-state index in [0.717, 1.165) is 142 Å². The van der Waals surface area contributed by atoms with E-state index in [9.17, 15) is 0 Å². The number of nitrogens with zero attached hydrogens (tertiary/aromatic N) is 11. The van der Waals surface area contributed by atoms with Crippen LogP contribution in [-0.2, 0) is 0 Å². The second kappa shape index (κ2) is 22.0. The first-order chi connectivity index (χ1) is 34.3. The molecule has 0 bridgehead atoms. The Bertz CT molecular complexity index is 3250. The summed E-state index contributed by atoms with van der Waals surface area (Å²) in [5.41, 5.74) is 9.49. The highest BCUT2D eigenvalue weighted by atomic mass is 79.9. The fourth-order valence-corrected chi connectivity index (χ4v) is 9.27. The van der Waals surface area contributed by atoms with Gasteiger partial charge in [-0.15, -0.1) is 0 Å². The zero-order valence-electron chi connectivity index (χ0n) is 41.8. The van der Waals surface area contributed by atoms with Crippen LogP contribution >= 0.6 is 15.9 Å². The van der Waals surface area contributed by atoms with Crippen molar-refractivity contribution in [3.05, 3.63) is 148 Å². The molecule has 11 rings (SSSR count). The average molecular weight is 1010 g/mol. The number of piperazine rings is 2. The van der Waals surface area contributed by atoms with Crippen LogP contribution in [0.4, 0.5) is 17.6 Å². The molecule has 2 fully saturated rings. The first-order valence-corrected chi connectivity index (χ1v) is 25.2. The van der Waals surface area contributed by atoms with Crippen molar-refractivity contribution in [2.24, 2.45) is 9.98 Å². The fourth-order valence-electron chi connectivity index (χ4n) is 9.00. The van der Waals surface area contributed by atoms with E-state index in [-0.39, 0.29) is 5.54 Å². The Labute approximate surface area is 425 Å². The van der Waals surface area contributed by atoms with Crippen molar-refractivity contribution in [2.75, 3.05) is 74.5 Å². The van der Waals surface area contributed by atoms with Gasteiger partial charge in [0.25, 0.3) is 0 Å². The molecule has 14 heteroatoms. The lowest BCUT2D eigenvalue weighted by atomic mass is 9.98. The molecule has 3 aliphatic rings. The SMILES string of the molecule is Brc1ccc(-c2nc(N3CCNCC3)c3ccccc3n2)cc1.CC1=NC(Nc2nc(C)c3cc(C)c(C)cc3n2)=NC(C)(C)C1.CN1CCN(c2nc(/C=C/c3ccccc3)nc3ccccc23)CC1. The second-order valence-electron chi connectivity index (χ2n) is 19.1. The molecule has 0 unspecified atom stereocenters. The zero-order valence-corrected chi connectivity index (χ0v) is 43.4. The summed E-state index contributed by atoms with van der Waals surface area (Å²) in [6, 6.07) is 39.2. The first-order valence-electron chi connectivity index (χ1n) is 24.4. The Morgan fingerprint density at radius 3 is 1.92 bits per heavy atom. The van der Waals surface area contributed by atoms with Crippen LogP contribution in [0.15, 0.2) is 130 Å². The maximum absolute atomic E-state index is 4.90. The van der Waals surface area contributed by atoms with E-state index in [1.54, 1.807) is 0 Å². The maximum Gasteiger partial charge on any atom is 0.230 e. The molecule has 0 radical (unpaired) electrons. The molecule has 8 aromatic rings. The number of halogens is 1. The molecular formula is C57H62BrN13. The van der Waals surface area contributed by atoms with Crippen LogP contribution in [0.2, 0.25) is 0 Å². The Balaban J connectivity index is 0.000000132. The number of guanidine groups is 1. The number of hydrogen-bond acceptors (Lipinski definition) is 13. The molecule has 71 heavy (non-hydrogen) atoms. The number of hydrogen-bond donors (Lipinski definition) is 2.